The maximum Gasteiger partial charge on any atom is 0.190 e. The van der Waals surface area contributed by atoms with E-state index in [9.17, 15) is 0 Å². The second kappa shape index (κ2) is 8.91. The number of rotatable bonds is 6. The molecular formula is C24H25N5OS. The van der Waals surface area contributed by atoms with Crippen LogP contribution in [0.5, 0.6) is 0 Å². The Balaban J connectivity index is 1.34. The Morgan fingerprint density at radius 2 is 1.77 bits per heavy atom. The standard InChI is InChI=1S/C24H25N5OS/c1-2-29(21-9-7-20(8-10-21)28-13-15-30-16-14-28)24-27-22(17-31-24)18-3-5-19(6-4-18)23-25-11-12-26-23/h3-12,17H,2,13-16H2,1H3,(H,25,26). The van der Waals surface area contributed by atoms with Gasteiger partial charge in [-0.25, -0.2) is 9.97 Å². The van der Waals surface area contributed by atoms with Crippen molar-refractivity contribution in [3.05, 3.63) is 66.3 Å². The summed E-state index contributed by atoms with van der Waals surface area (Å²) < 4.78 is 5.46. The average molecular weight is 432 g/mol. The summed E-state index contributed by atoms with van der Waals surface area (Å²) >= 11 is 1.68. The van der Waals surface area contributed by atoms with Crippen molar-refractivity contribution in [2.24, 2.45) is 0 Å². The summed E-state index contributed by atoms with van der Waals surface area (Å²) in [6.07, 6.45) is 3.60. The molecule has 31 heavy (non-hydrogen) atoms. The number of imidazole rings is 1. The zero-order chi connectivity index (χ0) is 21.0. The number of nitrogens with one attached hydrogen (secondary N) is 1. The third-order valence-corrected chi connectivity index (χ3v) is 6.39. The minimum atomic E-state index is 0.799. The summed E-state index contributed by atoms with van der Waals surface area (Å²) in [7, 11) is 0. The molecular weight excluding hydrogens is 406 g/mol. The molecule has 3 heterocycles. The number of anilines is 3. The van der Waals surface area contributed by atoms with E-state index in [1.165, 1.54) is 5.69 Å². The summed E-state index contributed by atoms with van der Waals surface area (Å²) in [6, 6.07) is 17.1. The minimum absolute atomic E-state index is 0.799. The molecule has 5 rings (SSSR count). The second-order valence-corrected chi connectivity index (χ2v) is 8.23. The van der Waals surface area contributed by atoms with E-state index in [2.05, 4.69) is 80.6 Å². The van der Waals surface area contributed by atoms with Crippen LogP contribution in [-0.4, -0.2) is 47.8 Å². The number of H-pyrrole nitrogens is 1. The normalized spacial score (nSPS) is 14.0. The molecule has 2 aromatic carbocycles. The third-order valence-electron chi connectivity index (χ3n) is 5.53. The highest BCUT2D eigenvalue weighted by molar-refractivity contribution is 7.14. The summed E-state index contributed by atoms with van der Waals surface area (Å²) in [5.41, 5.74) is 5.58. The van der Waals surface area contributed by atoms with Gasteiger partial charge in [0.25, 0.3) is 0 Å². The predicted molar refractivity (Wildman–Crippen MR) is 127 cm³/mol. The van der Waals surface area contributed by atoms with Crippen LogP contribution in [0.1, 0.15) is 6.92 Å². The molecule has 0 unspecified atom stereocenters. The Morgan fingerprint density at radius 1 is 1.03 bits per heavy atom. The maximum atomic E-state index is 5.46. The largest absolute Gasteiger partial charge is 0.378 e. The lowest BCUT2D eigenvalue weighted by atomic mass is 10.1. The third kappa shape index (κ3) is 4.19. The Labute approximate surface area is 186 Å². The fourth-order valence-electron chi connectivity index (χ4n) is 3.84. The molecule has 7 heteroatoms. The van der Waals surface area contributed by atoms with Gasteiger partial charge in [-0.15, -0.1) is 11.3 Å². The Bertz CT molecular complexity index is 1100. The van der Waals surface area contributed by atoms with Gasteiger partial charge >= 0.3 is 0 Å². The summed E-state index contributed by atoms with van der Waals surface area (Å²) in [5, 5.41) is 3.13. The van der Waals surface area contributed by atoms with Crippen LogP contribution < -0.4 is 9.80 Å². The van der Waals surface area contributed by atoms with E-state index in [1.807, 2.05) is 6.20 Å². The zero-order valence-electron chi connectivity index (χ0n) is 17.5. The van der Waals surface area contributed by atoms with Crippen LogP contribution in [0.2, 0.25) is 0 Å². The van der Waals surface area contributed by atoms with E-state index in [4.69, 9.17) is 9.72 Å². The van der Waals surface area contributed by atoms with Gasteiger partial charge in [-0.05, 0) is 31.2 Å². The van der Waals surface area contributed by atoms with Gasteiger partial charge in [-0.1, -0.05) is 24.3 Å². The lowest BCUT2D eigenvalue weighted by molar-refractivity contribution is 0.122. The molecule has 158 valence electrons. The highest BCUT2D eigenvalue weighted by Gasteiger charge is 2.15. The number of nitrogens with zero attached hydrogens (tertiary/aromatic N) is 4. The van der Waals surface area contributed by atoms with Gasteiger partial charge < -0.3 is 19.5 Å². The highest BCUT2D eigenvalue weighted by atomic mass is 32.1. The van der Waals surface area contributed by atoms with Crippen molar-refractivity contribution in [3.63, 3.8) is 0 Å². The quantitative estimate of drug-likeness (QED) is 0.455. The first-order chi connectivity index (χ1) is 15.3. The van der Waals surface area contributed by atoms with E-state index in [1.54, 1.807) is 17.5 Å². The minimum Gasteiger partial charge on any atom is -0.378 e. The molecule has 1 aliphatic rings. The summed E-state index contributed by atoms with van der Waals surface area (Å²) in [5.74, 6) is 0.878. The molecule has 0 saturated carbocycles. The van der Waals surface area contributed by atoms with Gasteiger partial charge in [0.05, 0.1) is 18.9 Å². The van der Waals surface area contributed by atoms with Gasteiger partial charge in [-0.3, -0.25) is 0 Å². The second-order valence-electron chi connectivity index (χ2n) is 7.39. The molecule has 1 fully saturated rings. The van der Waals surface area contributed by atoms with Crippen LogP contribution in [0.3, 0.4) is 0 Å². The average Bonchev–Trinajstić information content (AvgIpc) is 3.54. The summed E-state index contributed by atoms with van der Waals surface area (Å²) in [4.78, 5) is 17.0. The fourth-order valence-corrected chi connectivity index (χ4v) is 4.75. The fraction of sp³-hybridized carbons (Fsp3) is 0.250. The smallest absolute Gasteiger partial charge is 0.190 e. The van der Waals surface area contributed by atoms with Crippen molar-refractivity contribution in [1.29, 1.82) is 0 Å². The van der Waals surface area contributed by atoms with E-state index >= 15 is 0 Å². The SMILES string of the molecule is CCN(c1ccc(N2CCOCC2)cc1)c1nc(-c2ccc(-c3ncc[nH]3)cc2)cs1. The van der Waals surface area contributed by atoms with Gasteiger partial charge in [0, 0.05) is 59.9 Å². The highest BCUT2D eigenvalue weighted by Crippen LogP contribution is 2.33. The van der Waals surface area contributed by atoms with Gasteiger partial charge in [-0.2, -0.15) is 0 Å². The van der Waals surface area contributed by atoms with E-state index < -0.39 is 0 Å². The molecule has 0 atom stereocenters. The first-order valence-corrected chi connectivity index (χ1v) is 11.5. The number of aromatic amines is 1. The lowest BCUT2D eigenvalue weighted by Crippen LogP contribution is -2.36. The molecule has 0 radical (unpaired) electrons. The topological polar surface area (TPSA) is 57.3 Å². The molecule has 0 amide bonds. The van der Waals surface area contributed by atoms with Crippen molar-refractivity contribution in [3.8, 4) is 22.6 Å². The van der Waals surface area contributed by atoms with Crippen LogP contribution in [0.25, 0.3) is 22.6 Å². The number of hydrogen-bond donors (Lipinski definition) is 1. The van der Waals surface area contributed by atoms with Gasteiger partial charge in [0.15, 0.2) is 5.13 Å². The number of benzene rings is 2. The van der Waals surface area contributed by atoms with E-state index in [-0.39, 0.29) is 0 Å². The molecule has 6 nitrogen and oxygen atoms in total. The van der Waals surface area contributed by atoms with Crippen LogP contribution in [-0.2, 0) is 4.74 Å². The molecule has 0 aliphatic carbocycles. The lowest BCUT2D eigenvalue weighted by Gasteiger charge is -2.29. The number of aromatic nitrogens is 3. The number of morpholine rings is 1. The number of thiazole rings is 1. The van der Waals surface area contributed by atoms with Gasteiger partial charge in [0.2, 0.25) is 0 Å². The van der Waals surface area contributed by atoms with Crippen molar-refractivity contribution >= 4 is 27.8 Å². The Morgan fingerprint density at radius 3 is 2.45 bits per heavy atom. The molecule has 1 aliphatic heterocycles. The predicted octanol–water partition coefficient (Wildman–Crippen LogP) is 5.19. The Kier molecular flexibility index (Phi) is 5.69. The van der Waals surface area contributed by atoms with E-state index in [0.29, 0.717) is 0 Å². The summed E-state index contributed by atoms with van der Waals surface area (Å²) in [6.45, 7) is 6.52. The van der Waals surface area contributed by atoms with Crippen molar-refractivity contribution < 1.29 is 4.74 Å². The molecule has 4 aromatic rings. The molecule has 1 saturated heterocycles. The van der Waals surface area contributed by atoms with Crippen LogP contribution in [0.15, 0.2) is 66.3 Å². The van der Waals surface area contributed by atoms with Crippen LogP contribution in [0.4, 0.5) is 16.5 Å². The van der Waals surface area contributed by atoms with Crippen molar-refractivity contribution in [2.75, 3.05) is 42.6 Å². The van der Waals surface area contributed by atoms with Crippen LogP contribution >= 0.6 is 11.3 Å². The number of ether oxygens (including phenoxy) is 1. The van der Waals surface area contributed by atoms with Crippen molar-refractivity contribution in [2.45, 2.75) is 6.92 Å². The van der Waals surface area contributed by atoms with Gasteiger partial charge in [0.1, 0.15) is 5.82 Å². The molecule has 2 aromatic heterocycles. The van der Waals surface area contributed by atoms with Crippen molar-refractivity contribution in [1.82, 2.24) is 15.0 Å². The monoisotopic (exact) mass is 431 g/mol. The Hall–Kier alpha value is -3.16. The van der Waals surface area contributed by atoms with E-state index in [0.717, 1.165) is 66.3 Å². The number of hydrogen-bond acceptors (Lipinski definition) is 6. The van der Waals surface area contributed by atoms with Crippen LogP contribution in [0, 0.1) is 0 Å². The first kappa shape index (κ1) is 19.8. The first-order valence-electron chi connectivity index (χ1n) is 10.6. The molecule has 0 spiro atoms. The molecule has 1 N–H and O–H groups in total. The molecule has 0 bridgehead atoms. The zero-order valence-corrected chi connectivity index (χ0v) is 18.3. The maximum absolute atomic E-state index is 5.46.